The minimum Gasteiger partial charge on any atom is -0.482 e. The Morgan fingerprint density at radius 3 is 2.71 bits per heavy atom. The van der Waals surface area contributed by atoms with Crippen LogP contribution in [0.2, 0.25) is 0 Å². The topological polar surface area (TPSA) is 35.2 Å². The lowest BCUT2D eigenvalue weighted by atomic mass is 10.2. The summed E-state index contributed by atoms with van der Waals surface area (Å²) in [6.07, 6.45) is -0.246. The first-order chi connectivity index (χ1) is 6.50. The van der Waals surface area contributed by atoms with Crippen molar-refractivity contribution >= 4 is 33.1 Å². The van der Waals surface area contributed by atoms with Crippen LogP contribution in [0.15, 0.2) is 22.7 Å². The van der Waals surface area contributed by atoms with Crippen molar-refractivity contribution in [2.45, 2.75) is 20.0 Å². The fraction of sp³-hybridized carbons (Fsp3) is 0.300. The summed E-state index contributed by atoms with van der Waals surface area (Å²) in [7, 11) is 0. The van der Waals surface area contributed by atoms with Gasteiger partial charge in [0.25, 0.3) is 0 Å². The summed E-state index contributed by atoms with van der Waals surface area (Å²) in [4.78, 5) is 0.359. The van der Waals surface area contributed by atoms with Crippen molar-refractivity contribution in [3.63, 3.8) is 0 Å². The standard InChI is InChI=1S/C10H12BrNOS/c1-6-3-4-9(8(11)5-6)13-7(2)10(12)14/h3-5,7H,1-2H3,(H2,12,14). The van der Waals surface area contributed by atoms with Gasteiger partial charge in [-0.25, -0.2) is 0 Å². The van der Waals surface area contributed by atoms with Gasteiger partial charge in [-0.15, -0.1) is 0 Å². The molecule has 0 aliphatic heterocycles. The van der Waals surface area contributed by atoms with Crippen molar-refractivity contribution in [1.29, 1.82) is 0 Å². The van der Waals surface area contributed by atoms with E-state index in [-0.39, 0.29) is 6.10 Å². The van der Waals surface area contributed by atoms with E-state index in [4.69, 9.17) is 22.7 Å². The molecule has 1 aromatic rings. The monoisotopic (exact) mass is 273 g/mol. The second-order valence-corrected chi connectivity index (χ2v) is 4.42. The summed E-state index contributed by atoms with van der Waals surface area (Å²) in [5.74, 6) is 0.760. The highest BCUT2D eigenvalue weighted by Gasteiger charge is 2.08. The maximum atomic E-state index is 5.55. The van der Waals surface area contributed by atoms with Crippen LogP contribution in [0.5, 0.6) is 5.75 Å². The highest BCUT2D eigenvalue weighted by atomic mass is 79.9. The molecule has 0 aliphatic rings. The molecular weight excluding hydrogens is 262 g/mol. The van der Waals surface area contributed by atoms with Gasteiger partial charge in [0.2, 0.25) is 0 Å². The summed E-state index contributed by atoms with van der Waals surface area (Å²) >= 11 is 8.24. The summed E-state index contributed by atoms with van der Waals surface area (Å²) in [5.41, 5.74) is 6.63. The molecular formula is C10H12BrNOS. The van der Waals surface area contributed by atoms with E-state index < -0.39 is 0 Å². The van der Waals surface area contributed by atoms with Gasteiger partial charge in [-0.1, -0.05) is 18.3 Å². The van der Waals surface area contributed by atoms with Crippen LogP contribution in [0, 0.1) is 6.92 Å². The summed E-state index contributed by atoms with van der Waals surface area (Å²) < 4.78 is 6.47. The fourth-order valence-corrected chi connectivity index (χ4v) is 1.58. The molecule has 76 valence electrons. The Balaban J connectivity index is 2.82. The van der Waals surface area contributed by atoms with Gasteiger partial charge in [-0.3, -0.25) is 0 Å². The molecule has 0 aromatic heterocycles. The second-order valence-electron chi connectivity index (χ2n) is 3.10. The van der Waals surface area contributed by atoms with Gasteiger partial charge in [0, 0.05) is 0 Å². The lowest BCUT2D eigenvalue weighted by Gasteiger charge is -2.14. The van der Waals surface area contributed by atoms with E-state index in [1.165, 1.54) is 5.56 Å². The first-order valence-corrected chi connectivity index (χ1v) is 5.43. The third kappa shape index (κ3) is 2.96. The number of hydrogen-bond donors (Lipinski definition) is 1. The lowest BCUT2D eigenvalue weighted by molar-refractivity contribution is 0.286. The highest BCUT2D eigenvalue weighted by molar-refractivity contribution is 9.10. The molecule has 0 aliphatic carbocycles. The second kappa shape index (κ2) is 4.75. The molecule has 0 fully saturated rings. The van der Waals surface area contributed by atoms with Crippen LogP contribution >= 0.6 is 28.1 Å². The predicted octanol–water partition coefficient (Wildman–Crippen LogP) is 2.81. The summed E-state index contributed by atoms with van der Waals surface area (Å²) in [6.45, 7) is 3.85. The number of nitrogens with two attached hydrogens (primary N) is 1. The van der Waals surface area contributed by atoms with Crippen LogP contribution in [-0.2, 0) is 0 Å². The Bertz CT molecular complexity index is 354. The number of ether oxygens (including phenoxy) is 1. The van der Waals surface area contributed by atoms with Crippen LogP contribution in [0.1, 0.15) is 12.5 Å². The average molecular weight is 274 g/mol. The van der Waals surface area contributed by atoms with Gasteiger partial charge < -0.3 is 10.5 Å². The lowest BCUT2D eigenvalue weighted by Crippen LogP contribution is -2.28. The minimum atomic E-state index is -0.246. The fourth-order valence-electron chi connectivity index (χ4n) is 0.950. The zero-order valence-corrected chi connectivity index (χ0v) is 10.5. The van der Waals surface area contributed by atoms with Gasteiger partial charge in [-0.05, 0) is 47.5 Å². The van der Waals surface area contributed by atoms with Crippen molar-refractivity contribution in [2.24, 2.45) is 5.73 Å². The molecule has 1 aromatic carbocycles. The Morgan fingerprint density at radius 1 is 1.57 bits per heavy atom. The molecule has 4 heteroatoms. The predicted molar refractivity (Wildman–Crippen MR) is 65.8 cm³/mol. The zero-order valence-electron chi connectivity index (χ0n) is 8.08. The van der Waals surface area contributed by atoms with Gasteiger partial charge in [0.15, 0.2) is 0 Å². The Labute approximate surface area is 97.6 Å². The smallest absolute Gasteiger partial charge is 0.145 e. The molecule has 0 radical (unpaired) electrons. The van der Waals surface area contributed by atoms with Crippen molar-refractivity contribution in [1.82, 2.24) is 0 Å². The Hall–Kier alpha value is -0.610. The zero-order chi connectivity index (χ0) is 10.7. The van der Waals surface area contributed by atoms with Crippen molar-refractivity contribution < 1.29 is 4.74 Å². The first kappa shape index (κ1) is 11.5. The van der Waals surface area contributed by atoms with Crippen LogP contribution < -0.4 is 10.5 Å². The van der Waals surface area contributed by atoms with E-state index in [2.05, 4.69) is 15.9 Å². The Morgan fingerprint density at radius 2 is 2.21 bits per heavy atom. The van der Waals surface area contributed by atoms with Gasteiger partial charge in [0.05, 0.1) is 4.47 Å². The van der Waals surface area contributed by atoms with Crippen LogP contribution in [0.3, 0.4) is 0 Å². The third-order valence-electron chi connectivity index (χ3n) is 1.79. The number of hydrogen-bond acceptors (Lipinski definition) is 2. The van der Waals surface area contributed by atoms with Crippen LogP contribution in [-0.4, -0.2) is 11.1 Å². The molecule has 1 unspecified atom stereocenters. The maximum Gasteiger partial charge on any atom is 0.145 e. The number of rotatable bonds is 3. The number of benzene rings is 1. The summed E-state index contributed by atoms with van der Waals surface area (Å²) in [5, 5.41) is 0. The Kier molecular flexibility index (Phi) is 3.89. The maximum absolute atomic E-state index is 5.55. The van der Waals surface area contributed by atoms with E-state index >= 15 is 0 Å². The molecule has 0 bridgehead atoms. The molecule has 0 saturated heterocycles. The highest BCUT2D eigenvalue weighted by Crippen LogP contribution is 2.26. The summed E-state index contributed by atoms with van der Waals surface area (Å²) in [6, 6.07) is 5.86. The largest absolute Gasteiger partial charge is 0.482 e. The van der Waals surface area contributed by atoms with Crippen molar-refractivity contribution in [2.75, 3.05) is 0 Å². The SMILES string of the molecule is Cc1ccc(OC(C)C(N)=S)c(Br)c1. The molecule has 14 heavy (non-hydrogen) atoms. The molecule has 0 saturated carbocycles. The molecule has 2 nitrogen and oxygen atoms in total. The van der Waals surface area contributed by atoms with E-state index in [0.29, 0.717) is 4.99 Å². The van der Waals surface area contributed by atoms with Gasteiger partial charge in [0.1, 0.15) is 16.8 Å². The number of thiocarbonyl (C=S) groups is 1. The third-order valence-corrected chi connectivity index (χ3v) is 2.74. The molecule has 1 rings (SSSR count). The van der Waals surface area contributed by atoms with E-state index in [1.54, 1.807) is 0 Å². The van der Waals surface area contributed by atoms with E-state index in [1.807, 2.05) is 32.0 Å². The number of aryl methyl sites for hydroxylation is 1. The molecule has 0 heterocycles. The first-order valence-electron chi connectivity index (χ1n) is 4.23. The number of halogens is 1. The van der Waals surface area contributed by atoms with Crippen LogP contribution in [0.25, 0.3) is 0 Å². The molecule has 1 atom stereocenters. The average Bonchev–Trinajstić information content (AvgIpc) is 2.09. The van der Waals surface area contributed by atoms with Gasteiger partial charge >= 0.3 is 0 Å². The van der Waals surface area contributed by atoms with Crippen LogP contribution in [0.4, 0.5) is 0 Å². The quantitative estimate of drug-likeness (QED) is 0.861. The van der Waals surface area contributed by atoms with Crippen molar-refractivity contribution in [3.8, 4) is 5.75 Å². The molecule has 2 N–H and O–H groups in total. The molecule has 0 spiro atoms. The normalized spacial score (nSPS) is 12.2. The van der Waals surface area contributed by atoms with Crippen molar-refractivity contribution in [3.05, 3.63) is 28.2 Å². The van der Waals surface area contributed by atoms with E-state index in [9.17, 15) is 0 Å². The van der Waals surface area contributed by atoms with Gasteiger partial charge in [-0.2, -0.15) is 0 Å². The van der Waals surface area contributed by atoms with E-state index in [0.717, 1.165) is 10.2 Å². The molecule has 0 amide bonds. The minimum absolute atomic E-state index is 0.246.